The van der Waals surface area contributed by atoms with Gasteiger partial charge in [-0.05, 0) is 42.5 Å². The van der Waals surface area contributed by atoms with Gasteiger partial charge < -0.3 is 14.2 Å². The topological polar surface area (TPSA) is 17.4 Å². The lowest BCUT2D eigenvalue weighted by Crippen LogP contribution is -2.53. The highest BCUT2D eigenvalue weighted by Crippen LogP contribution is 2.67. The van der Waals surface area contributed by atoms with E-state index in [2.05, 4.69) is 96.3 Å². The van der Waals surface area contributed by atoms with E-state index in [-0.39, 0.29) is 17.2 Å². The van der Waals surface area contributed by atoms with E-state index in [1.165, 1.54) is 27.7 Å². The molecule has 4 atom stereocenters. The molecule has 1 fully saturated rings. The van der Waals surface area contributed by atoms with E-state index in [0.717, 1.165) is 25.8 Å². The molecule has 3 nitrogen and oxygen atoms in total. The fourth-order valence-corrected chi connectivity index (χ4v) is 7.19. The number of hydrogen-bond acceptors (Lipinski definition) is 2. The van der Waals surface area contributed by atoms with Gasteiger partial charge in [-0.3, -0.25) is 0 Å². The first-order valence-electron chi connectivity index (χ1n) is 11.7. The number of nitrogens with zero attached hydrogens (tertiary/aromatic N) is 2. The van der Waals surface area contributed by atoms with Crippen LogP contribution >= 0.6 is 0 Å². The molecule has 2 bridgehead atoms. The van der Waals surface area contributed by atoms with Crippen LogP contribution in [0.4, 0.5) is 0 Å². The standard InChI is InChI=1S/C28H28N2O/c1-3-28-18-27(2)30-23-12-8-7-11-21(23)22-15-16-29(25(28)24(22)30)17-20(26(28)31-27)14-13-19-9-5-4-6-10-19/h4-14,17,25-26H,3,15-16,18H2,1-2H3/b14-13+/t25-,26-,27-,28+/m1/s1. The minimum atomic E-state index is -0.294. The molecule has 0 spiro atoms. The Morgan fingerprint density at radius 3 is 2.71 bits per heavy atom. The smallest absolute Gasteiger partial charge is 0.143 e. The second kappa shape index (κ2) is 5.92. The average Bonchev–Trinajstić information content (AvgIpc) is 3.29. The van der Waals surface area contributed by atoms with Crippen LogP contribution in [0, 0.1) is 5.41 Å². The predicted molar refractivity (Wildman–Crippen MR) is 125 cm³/mol. The summed E-state index contributed by atoms with van der Waals surface area (Å²) >= 11 is 0. The predicted octanol–water partition coefficient (Wildman–Crippen LogP) is 6.02. The summed E-state index contributed by atoms with van der Waals surface area (Å²) < 4.78 is 9.65. The van der Waals surface area contributed by atoms with Gasteiger partial charge in [0.15, 0.2) is 0 Å². The third kappa shape index (κ3) is 2.13. The minimum Gasteiger partial charge on any atom is -0.368 e. The van der Waals surface area contributed by atoms with Crippen LogP contribution in [-0.4, -0.2) is 22.1 Å². The first kappa shape index (κ1) is 17.9. The number of ether oxygens (including phenoxy) is 1. The molecule has 7 rings (SSSR count). The van der Waals surface area contributed by atoms with Crippen LogP contribution in [0.15, 0.2) is 72.4 Å². The van der Waals surface area contributed by atoms with Gasteiger partial charge in [0.25, 0.3) is 0 Å². The van der Waals surface area contributed by atoms with Crippen LogP contribution in [-0.2, 0) is 16.9 Å². The quantitative estimate of drug-likeness (QED) is 0.527. The molecular formula is C28H28N2O. The maximum Gasteiger partial charge on any atom is 0.143 e. The molecule has 3 heteroatoms. The van der Waals surface area contributed by atoms with Gasteiger partial charge in [-0.15, -0.1) is 0 Å². The fraction of sp³-hybridized carbons (Fsp3) is 0.357. The lowest BCUT2D eigenvalue weighted by molar-refractivity contribution is -0.0710. The molecule has 2 aromatic carbocycles. The van der Waals surface area contributed by atoms with Crippen molar-refractivity contribution < 1.29 is 4.74 Å². The van der Waals surface area contributed by atoms with Crippen LogP contribution in [0.2, 0.25) is 0 Å². The highest BCUT2D eigenvalue weighted by Gasteiger charge is 2.66. The van der Waals surface area contributed by atoms with E-state index in [1.807, 2.05) is 0 Å². The summed E-state index contributed by atoms with van der Waals surface area (Å²) in [5.74, 6) is 0. The lowest BCUT2D eigenvalue weighted by Gasteiger charge is -2.53. The van der Waals surface area contributed by atoms with Crippen LogP contribution in [0.5, 0.6) is 0 Å². The van der Waals surface area contributed by atoms with E-state index in [9.17, 15) is 0 Å². The van der Waals surface area contributed by atoms with E-state index in [1.54, 1.807) is 5.56 Å². The molecule has 4 aliphatic heterocycles. The van der Waals surface area contributed by atoms with Crippen molar-refractivity contribution in [3.63, 3.8) is 0 Å². The Morgan fingerprint density at radius 2 is 1.87 bits per heavy atom. The van der Waals surface area contributed by atoms with Crippen molar-refractivity contribution in [2.45, 2.75) is 51.0 Å². The van der Waals surface area contributed by atoms with Gasteiger partial charge in [-0.1, -0.05) is 67.6 Å². The second-order valence-corrected chi connectivity index (χ2v) is 9.92. The maximum absolute atomic E-state index is 7.08. The minimum absolute atomic E-state index is 0.124. The lowest BCUT2D eigenvalue weighted by atomic mass is 9.62. The molecule has 4 aliphatic rings. The van der Waals surface area contributed by atoms with E-state index in [0.29, 0.717) is 6.04 Å². The normalized spacial score (nSPS) is 32.7. The van der Waals surface area contributed by atoms with Crippen molar-refractivity contribution in [1.29, 1.82) is 0 Å². The summed E-state index contributed by atoms with van der Waals surface area (Å²) in [6, 6.07) is 20.0. The monoisotopic (exact) mass is 408 g/mol. The summed E-state index contributed by atoms with van der Waals surface area (Å²) in [6.07, 6.45) is 10.4. The van der Waals surface area contributed by atoms with Gasteiger partial charge in [0, 0.05) is 35.7 Å². The summed E-state index contributed by atoms with van der Waals surface area (Å²) in [5, 5.41) is 1.43. The highest BCUT2D eigenvalue weighted by molar-refractivity contribution is 5.87. The fourth-order valence-electron chi connectivity index (χ4n) is 7.19. The van der Waals surface area contributed by atoms with Crippen molar-refractivity contribution in [2.24, 2.45) is 5.41 Å². The molecule has 0 unspecified atom stereocenters. The summed E-state index contributed by atoms with van der Waals surface area (Å²) in [7, 11) is 0. The van der Waals surface area contributed by atoms with Gasteiger partial charge in [0.05, 0.1) is 17.7 Å². The maximum atomic E-state index is 7.08. The number of fused-ring (bicyclic) bond motifs is 5. The Labute approximate surface area is 183 Å². The molecule has 1 aromatic heterocycles. The number of aromatic nitrogens is 1. The average molecular weight is 409 g/mol. The van der Waals surface area contributed by atoms with Gasteiger partial charge in [-0.25, -0.2) is 0 Å². The Balaban J connectivity index is 1.45. The zero-order valence-electron chi connectivity index (χ0n) is 18.2. The summed E-state index contributed by atoms with van der Waals surface area (Å²) in [4.78, 5) is 2.64. The van der Waals surface area contributed by atoms with Crippen molar-refractivity contribution in [3.8, 4) is 0 Å². The molecule has 0 N–H and O–H groups in total. The SMILES string of the molecule is CC[C@@]12C[C@@]3(C)O[C@@H]1C(/C=C/c1ccccc1)=CN1CCc4c(n3c3ccccc43)[C@@H]12. The van der Waals surface area contributed by atoms with Gasteiger partial charge in [0.1, 0.15) is 5.72 Å². The van der Waals surface area contributed by atoms with E-state index >= 15 is 0 Å². The Hall–Kier alpha value is -2.78. The van der Waals surface area contributed by atoms with Crippen molar-refractivity contribution in [1.82, 2.24) is 9.47 Å². The van der Waals surface area contributed by atoms with Crippen molar-refractivity contribution in [2.75, 3.05) is 6.54 Å². The van der Waals surface area contributed by atoms with E-state index < -0.39 is 0 Å². The first-order valence-corrected chi connectivity index (χ1v) is 11.7. The summed E-state index contributed by atoms with van der Waals surface area (Å²) in [5.41, 5.74) is 6.81. The molecule has 1 saturated heterocycles. The largest absolute Gasteiger partial charge is 0.368 e. The summed E-state index contributed by atoms with van der Waals surface area (Å²) in [6.45, 7) is 5.78. The first-order chi connectivity index (χ1) is 15.1. The van der Waals surface area contributed by atoms with Crippen molar-refractivity contribution in [3.05, 3.63) is 89.3 Å². The molecule has 0 aliphatic carbocycles. The highest BCUT2D eigenvalue weighted by atomic mass is 16.5. The molecule has 0 amide bonds. The van der Waals surface area contributed by atoms with Gasteiger partial charge >= 0.3 is 0 Å². The number of rotatable bonds is 3. The van der Waals surface area contributed by atoms with Crippen molar-refractivity contribution >= 4 is 17.0 Å². The zero-order valence-corrected chi connectivity index (χ0v) is 18.2. The van der Waals surface area contributed by atoms with Gasteiger partial charge in [0.2, 0.25) is 0 Å². The molecule has 31 heavy (non-hydrogen) atoms. The van der Waals surface area contributed by atoms with E-state index in [4.69, 9.17) is 4.74 Å². The molecule has 0 radical (unpaired) electrons. The van der Waals surface area contributed by atoms with Crippen LogP contribution in [0.25, 0.3) is 17.0 Å². The molecular weight excluding hydrogens is 380 g/mol. The van der Waals surface area contributed by atoms with Crippen LogP contribution in [0.1, 0.15) is 49.6 Å². The Morgan fingerprint density at radius 1 is 1.06 bits per heavy atom. The number of benzene rings is 2. The number of hydrogen-bond donors (Lipinski definition) is 0. The Bertz CT molecular complexity index is 1270. The molecule has 0 saturated carbocycles. The molecule has 3 aromatic rings. The van der Waals surface area contributed by atoms with Gasteiger partial charge in [-0.2, -0.15) is 0 Å². The third-order valence-corrected chi connectivity index (χ3v) is 8.34. The number of para-hydroxylation sites is 1. The molecule has 5 heterocycles. The molecule has 156 valence electrons. The zero-order chi connectivity index (χ0) is 20.8. The second-order valence-electron chi connectivity index (χ2n) is 9.92. The third-order valence-electron chi connectivity index (χ3n) is 8.34. The van der Waals surface area contributed by atoms with Crippen LogP contribution < -0.4 is 0 Å². The van der Waals surface area contributed by atoms with Crippen LogP contribution in [0.3, 0.4) is 0 Å². The Kier molecular flexibility index (Phi) is 3.41.